The summed E-state index contributed by atoms with van der Waals surface area (Å²) in [6.45, 7) is 4.07. The van der Waals surface area contributed by atoms with Gasteiger partial charge in [0.1, 0.15) is 5.75 Å². The molecule has 0 aliphatic heterocycles. The predicted molar refractivity (Wildman–Crippen MR) is 95.5 cm³/mol. The van der Waals surface area contributed by atoms with E-state index in [9.17, 15) is 9.59 Å². The Bertz CT molecular complexity index is 716. The molecule has 0 unspecified atom stereocenters. The van der Waals surface area contributed by atoms with Crippen molar-refractivity contribution in [3.63, 3.8) is 0 Å². The average Bonchev–Trinajstić information content (AvgIpc) is 2.53. The number of ether oxygens (including phenoxy) is 1. The lowest BCUT2D eigenvalue weighted by Gasteiger charge is -2.10. The summed E-state index contributed by atoms with van der Waals surface area (Å²) < 4.78 is 5.42. The molecule has 0 aliphatic carbocycles. The smallest absolute Gasteiger partial charge is 0.243 e. The minimum atomic E-state index is -0.184. The molecule has 0 aliphatic rings. The van der Waals surface area contributed by atoms with E-state index in [0.29, 0.717) is 18.0 Å². The number of nitrogens with one attached hydrogen (secondary N) is 3. The second-order valence-corrected chi connectivity index (χ2v) is 5.12. The van der Waals surface area contributed by atoms with Gasteiger partial charge in [-0.3, -0.25) is 9.59 Å². The number of amides is 2. The fourth-order valence-corrected chi connectivity index (χ4v) is 2.13. The molecule has 2 rings (SSSR count). The Morgan fingerprint density at radius 1 is 0.958 bits per heavy atom. The number of carbonyl (C=O) groups is 2. The van der Waals surface area contributed by atoms with E-state index < -0.39 is 0 Å². The standard InChI is InChI=1S/C18H21N3O3/c1-3-24-17-9-5-6-14(11-17)19-12-18(23)21-16-8-4-7-15(10-16)20-13(2)22/h4-11,19H,3,12H2,1-2H3,(H,20,22)(H,21,23). The SMILES string of the molecule is CCOc1cccc(NCC(=O)Nc2cccc(NC(C)=O)c2)c1. The first-order valence-electron chi connectivity index (χ1n) is 7.71. The molecule has 0 atom stereocenters. The molecule has 126 valence electrons. The Labute approximate surface area is 141 Å². The van der Waals surface area contributed by atoms with Crippen LogP contribution in [0.15, 0.2) is 48.5 Å². The van der Waals surface area contributed by atoms with E-state index in [-0.39, 0.29) is 18.4 Å². The maximum atomic E-state index is 12.0. The van der Waals surface area contributed by atoms with Gasteiger partial charge in [-0.05, 0) is 37.3 Å². The van der Waals surface area contributed by atoms with Crippen LogP contribution in [0.3, 0.4) is 0 Å². The van der Waals surface area contributed by atoms with Gasteiger partial charge in [-0.1, -0.05) is 12.1 Å². The maximum absolute atomic E-state index is 12.0. The fourth-order valence-electron chi connectivity index (χ4n) is 2.13. The van der Waals surface area contributed by atoms with Crippen molar-refractivity contribution in [2.75, 3.05) is 29.1 Å². The van der Waals surface area contributed by atoms with Gasteiger partial charge in [0.2, 0.25) is 11.8 Å². The normalized spacial score (nSPS) is 9.92. The number of carbonyl (C=O) groups excluding carboxylic acids is 2. The van der Waals surface area contributed by atoms with Crippen LogP contribution in [-0.4, -0.2) is 25.0 Å². The van der Waals surface area contributed by atoms with Crippen LogP contribution < -0.4 is 20.7 Å². The van der Waals surface area contributed by atoms with Gasteiger partial charge in [0.15, 0.2) is 0 Å². The molecule has 6 heteroatoms. The first-order chi connectivity index (χ1) is 11.6. The largest absolute Gasteiger partial charge is 0.494 e. The summed E-state index contributed by atoms with van der Waals surface area (Å²) in [5.74, 6) is 0.414. The van der Waals surface area contributed by atoms with Crippen LogP contribution in [0.1, 0.15) is 13.8 Å². The zero-order valence-electron chi connectivity index (χ0n) is 13.8. The quantitative estimate of drug-likeness (QED) is 0.730. The summed E-state index contributed by atoms with van der Waals surface area (Å²) in [5.41, 5.74) is 2.07. The van der Waals surface area contributed by atoms with E-state index >= 15 is 0 Å². The molecule has 0 fully saturated rings. The molecular formula is C18H21N3O3. The summed E-state index contributed by atoms with van der Waals surface area (Å²) in [7, 11) is 0. The monoisotopic (exact) mass is 327 g/mol. The molecule has 24 heavy (non-hydrogen) atoms. The van der Waals surface area contributed by atoms with Crippen LogP contribution in [0, 0.1) is 0 Å². The van der Waals surface area contributed by atoms with Crippen molar-refractivity contribution >= 4 is 28.9 Å². The van der Waals surface area contributed by atoms with Crippen LogP contribution in [-0.2, 0) is 9.59 Å². The highest BCUT2D eigenvalue weighted by Gasteiger charge is 2.04. The van der Waals surface area contributed by atoms with Crippen LogP contribution in [0.25, 0.3) is 0 Å². The van der Waals surface area contributed by atoms with Crippen LogP contribution in [0.5, 0.6) is 5.75 Å². The highest BCUT2D eigenvalue weighted by molar-refractivity contribution is 5.95. The van der Waals surface area contributed by atoms with Crippen molar-refractivity contribution in [2.45, 2.75) is 13.8 Å². The molecule has 0 saturated carbocycles. The second-order valence-electron chi connectivity index (χ2n) is 5.12. The van der Waals surface area contributed by atoms with Crippen LogP contribution >= 0.6 is 0 Å². The van der Waals surface area contributed by atoms with Crippen molar-refractivity contribution in [2.24, 2.45) is 0 Å². The van der Waals surface area contributed by atoms with E-state index in [4.69, 9.17) is 4.74 Å². The second kappa shape index (κ2) is 8.57. The number of benzene rings is 2. The highest BCUT2D eigenvalue weighted by Crippen LogP contribution is 2.17. The third kappa shape index (κ3) is 5.64. The molecular weight excluding hydrogens is 306 g/mol. The summed E-state index contributed by atoms with van der Waals surface area (Å²) in [6.07, 6.45) is 0. The first-order valence-corrected chi connectivity index (χ1v) is 7.71. The minimum absolute atomic E-state index is 0.125. The molecule has 0 radical (unpaired) electrons. The van der Waals surface area contributed by atoms with E-state index in [1.54, 1.807) is 24.3 Å². The lowest BCUT2D eigenvalue weighted by atomic mass is 10.2. The third-order valence-electron chi connectivity index (χ3n) is 3.06. The van der Waals surface area contributed by atoms with Crippen molar-refractivity contribution in [3.8, 4) is 5.75 Å². The number of hydrogen-bond donors (Lipinski definition) is 3. The lowest BCUT2D eigenvalue weighted by Crippen LogP contribution is -2.21. The van der Waals surface area contributed by atoms with Gasteiger partial charge in [-0.2, -0.15) is 0 Å². The zero-order chi connectivity index (χ0) is 17.4. The molecule has 0 saturated heterocycles. The Balaban J connectivity index is 1.89. The van der Waals surface area contributed by atoms with Gasteiger partial charge in [0.25, 0.3) is 0 Å². The Kier molecular flexibility index (Phi) is 6.19. The molecule has 3 N–H and O–H groups in total. The van der Waals surface area contributed by atoms with Crippen molar-refractivity contribution in [1.29, 1.82) is 0 Å². The first kappa shape index (κ1) is 17.3. The molecule has 0 aromatic heterocycles. The van der Waals surface area contributed by atoms with E-state index in [0.717, 1.165) is 11.4 Å². The summed E-state index contributed by atoms with van der Waals surface area (Å²) in [6, 6.07) is 14.4. The van der Waals surface area contributed by atoms with Crippen molar-refractivity contribution in [1.82, 2.24) is 0 Å². The lowest BCUT2D eigenvalue weighted by molar-refractivity contribution is -0.115. The summed E-state index contributed by atoms with van der Waals surface area (Å²) in [4.78, 5) is 23.1. The van der Waals surface area contributed by atoms with Gasteiger partial charge in [-0.25, -0.2) is 0 Å². The highest BCUT2D eigenvalue weighted by atomic mass is 16.5. The van der Waals surface area contributed by atoms with Gasteiger partial charge >= 0.3 is 0 Å². The number of hydrogen-bond acceptors (Lipinski definition) is 4. The molecule has 2 amide bonds. The van der Waals surface area contributed by atoms with Crippen molar-refractivity contribution in [3.05, 3.63) is 48.5 Å². The Hall–Kier alpha value is -3.02. The summed E-state index contributed by atoms with van der Waals surface area (Å²) >= 11 is 0. The minimum Gasteiger partial charge on any atom is -0.494 e. The predicted octanol–water partition coefficient (Wildman–Crippen LogP) is 3.09. The molecule has 0 bridgehead atoms. The molecule has 0 spiro atoms. The van der Waals surface area contributed by atoms with E-state index in [1.807, 2.05) is 31.2 Å². The average molecular weight is 327 g/mol. The molecule has 2 aromatic rings. The Morgan fingerprint density at radius 3 is 2.33 bits per heavy atom. The van der Waals surface area contributed by atoms with E-state index in [1.165, 1.54) is 6.92 Å². The van der Waals surface area contributed by atoms with E-state index in [2.05, 4.69) is 16.0 Å². The molecule has 6 nitrogen and oxygen atoms in total. The topological polar surface area (TPSA) is 79.5 Å². The van der Waals surface area contributed by atoms with Crippen molar-refractivity contribution < 1.29 is 14.3 Å². The molecule has 0 heterocycles. The Morgan fingerprint density at radius 2 is 1.62 bits per heavy atom. The summed E-state index contributed by atoms with van der Waals surface area (Å²) in [5, 5.41) is 8.50. The third-order valence-corrected chi connectivity index (χ3v) is 3.06. The maximum Gasteiger partial charge on any atom is 0.243 e. The van der Waals surface area contributed by atoms with Gasteiger partial charge in [0.05, 0.1) is 13.2 Å². The number of rotatable bonds is 7. The van der Waals surface area contributed by atoms with Gasteiger partial charge in [-0.15, -0.1) is 0 Å². The zero-order valence-corrected chi connectivity index (χ0v) is 13.8. The van der Waals surface area contributed by atoms with Crippen LogP contribution in [0.2, 0.25) is 0 Å². The van der Waals surface area contributed by atoms with Crippen LogP contribution in [0.4, 0.5) is 17.1 Å². The number of anilines is 3. The van der Waals surface area contributed by atoms with Gasteiger partial charge in [0, 0.05) is 30.1 Å². The fraction of sp³-hybridized carbons (Fsp3) is 0.222. The van der Waals surface area contributed by atoms with Gasteiger partial charge < -0.3 is 20.7 Å². The molecule has 2 aromatic carbocycles.